The summed E-state index contributed by atoms with van der Waals surface area (Å²) in [4.78, 5) is 29.8. The van der Waals surface area contributed by atoms with Gasteiger partial charge in [0.1, 0.15) is 0 Å². The highest BCUT2D eigenvalue weighted by molar-refractivity contribution is 5.85. The minimum Gasteiger partial charge on any atom is -0.391 e. The van der Waals surface area contributed by atoms with Gasteiger partial charge in [-0.05, 0) is 60.8 Å². The average Bonchev–Trinajstić information content (AvgIpc) is 3.46. The first-order valence-electron chi connectivity index (χ1n) is 16.0. The summed E-state index contributed by atoms with van der Waals surface area (Å²) in [6.07, 6.45) is 6.48. The number of nitrogens with zero attached hydrogens (tertiary/aromatic N) is 1. The number of aliphatic hydroxyl groups excluding tert-OH is 2. The highest BCUT2D eigenvalue weighted by Gasteiger charge is 2.51. The van der Waals surface area contributed by atoms with Crippen molar-refractivity contribution in [3.63, 3.8) is 0 Å². The van der Waals surface area contributed by atoms with Crippen LogP contribution in [0.3, 0.4) is 0 Å². The number of amides is 2. The monoisotopic (exact) mass is 580 g/mol. The van der Waals surface area contributed by atoms with Crippen LogP contribution in [-0.2, 0) is 28.9 Å². The van der Waals surface area contributed by atoms with Crippen LogP contribution in [0.1, 0.15) is 73.2 Å². The van der Waals surface area contributed by atoms with Crippen molar-refractivity contribution in [3.05, 3.63) is 107 Å². The van der Waals surface area contributed by atoms with Gasteiger partial charge < -0.3 is 20.4 Å². The summed E-state index contributed by atoms with van der Waals surface area (Å²) in [5, 5.41) is 25.5. The molecule has 0 radical (unpaired) electrons. The Morgan fingerprint density at radius 1 is 0.907 bits per heavy atom. The summed E-state index contributed by atoms with van der Waals surface area (Å²) in [5.74, 6) is -0.505. The zero-order valence-electron chi connectivity index (χ0n) is 24.9. The second-order valence-electron chi connectivity index (χ2n) is 13.1. The van der Waals surface area contributed by atoms with Crippen molar-refractivity contribution >= 4 is 11.8 Å². The predicted octanol–water partition coefficient (Wildman–Crippen LogP) is 5.16. The Hall–Kier alpha value is -3.48. The first-order valence-corrected chi connectivity index (χ1v) is 16.0. The maximum atomic E-state index is 14.0. The van der Waals surface area contributed by atoms with E-state index in [1.165, 1.54) is 12.0 Å². The Balaban J connectivity index is 1.19. The Bertz CT molecular complexity index is 1390. The molecular weight excluding hydrogens is 536 g/mol. The van der Waals surface area contributed by atoms with Crippen LogP contribution in [0.2, 0.25) is 0 Å². The number of nitrogens with one attached hydrogen (secondary N) is 1. The van der Waals surface area contributed by atoms with Gasteiger partial charge in [0, 0.05) is 24.9 Å². The lowest BCUT2D eigenvalue weighted by Gasteiger charge is -2.32. The van der Waals surface area contributed by atoms with Gasteiger partial charge in [-0.3, -0.25) is 9.59 Å². The second-order valence-corrected chi connectivity index (χ2v) is 13.1. The lowest BCUT2D eigenvalue weighted by atomic mass is 9.72. The lowest BCUT2D eigenvalue weighted by molar-refractivity contribution is -0.139. The molecule has 1 saturated carbocycles. The number of aliphatic hydroxyl groups is 2. The molecule has 5 atom stereocenters. The van der Waals surface area contributed by atoms with Gasteiger partial charge in [-0.25, -0.2) is 0 Å². The summed E-state index contributed by atoms with van der Waals surface area (Å²) < 4.78 is 0. The third kappa shape index (κ3) is 6.56. The molecule has 226 valence electrons. The fourth-order valence-electron chi connectivity index (χ4n) is 7.90. The maximum absolute atomic E-state index is 14.0. The summed E-state index contributed by atoms with van der Waals surface area (Å²) >= 11 is 0. The molecule has 0 aromatic heterocycles. The maximum Gasteiger partial charge on any atom is 0.229 e. The van der Waals surface area contributed by atoms with Crippen LogP contribution >= 0.6 is 0 Å². The number of likely N-dealkylation sites (tertiary alicyclic amines) is 1. The predicted molar refractivity (Wildman–Crippen MR) is 167 cm³/mol. The molecule has 43 heavy (non-hydrogen) atoms. The Kier molecular flexibility index (Phi) is 8.96. The molecule has 6 heteroatoms. The van der Waals surface area contributed by atoms with Crippen LogP contribution in [-0.4, -0.2) is 51.7 Å². The van der Waals surface area contributed by atoms with Crippen LogP contribution < -0.4 is 5.32 Å². The van der Waals surface area contributed by atoms with Crippen molar-refractivity contribution in [1.82, 2.24) is 10.2 Å². The van der Waals surface area contributed by atoms with E-state index in [9.17, 15) is 19.8 Å². The Morgan fingerprint density at radius 3 is 2.28 bits per heavy atom. The number of β-amino-alcohol motifs (C(OH)–C–C–N with tert-alkyl or cyclic N) is 1. The molecule has 1 spiro atoms. The van der Waals surface area contributed by atoms with Gasteiger partial charge in [0.05, 0.1) is 23.7 Å². The number of rotatable bonds is 10. The van der Waals surface area contributed by atoms with E-state index in [-0.39, 0.29) is 36.2 Å². The van der Waals surface area contributed by atoms with Crippen molar-refractivity contribution in [2.24, 2.45) is 11.3 Å². The van der Waals surface area contributed by atoms with E-state index in [0.717, 1.165) is 55.2 Å². The average molecular weight is 581 g/mol. The number of benzene rings is 3. The molecule has 2 aliphatic carbocycles. The topological polar surface area (TPSA) is 89.9 Å². The molecule has 0 bridgehead atoms. The molecule has 3 aromatic carbocycles. The van der Waals surface area contributed by atoms with Crippen LogP contribution in [0.4, 0.5) is 0 Å². The molecule has 3 aliphatic rings. The van der Waals surface area contributed by atoms with Crippen LogP contribution in [0.25, 0.3) is 0 Å². The van der Waals surface area contributed by atoms with Crippen molar-refractivity contribution in [2.75, 3.05) is 6.54 Å². The van der Waals surface area contributed by atoms with Gasteiger partial charge in [-0.1, -0.05) is 104 Å². The molecule has 5 unspecified atom stereocenters. The minimum atomic E-state index is -0.846. The molecule has 3 N–H and O–H groups in total. The molecule has 1 saturated heterocycles. The molecule has 2 amide bonds. The van der Waals surface area contributed by atoms with E-state index < -0.39 is 24.2 Å². The fourth-order valence-corrected chi connectivity index (χ4v) is 7.90. The number of fused-ring (bicyclic) bond motifs is 1. The van der Waals surface area contributed by atoms with Crippen LogP contribution in [0, 0.1) is 11.3 Å². The largest absolute Gasteiger partial charge is 0.391 e. The number of hydrogen-bond donors (Lipinski definition) is 3. The zero-order chi connectivity index (χ0) is 29.8. The normalized spacial score (nSPS) is 24.1. The quantitative estimate of drug-likeness (QED) is 0.309. The Labute approximate surface area is 255 Å². The third-order valence-electron chi connectivity index (χ3n) is 10.1. The van der Waals surface area contributed by atoms with Crippen LogP contribution in [0.15, 0.2) is 84.9 Å². The standard InChI is InChI=1S/C37H44N2O4/c40-31(25-39-30(21-27-14-6-2-7-15-27)24-37(36(39)43)18-10-3-11-19-37)22-29(20-26-12-4-1-5-13-26)35(42)38-34-32-17-9-8-16-28(32)23-33(34)41/h1-2,4-9,12-17,29-31,33-34,40-41H,3,10-11,18-25H2,(H,38,42). The second kappa shape index (κ2) is 13.0. The first kappa shape index (κ1) is 29.6. The summed E-state index contributed by atoms with van der Waals surface area (Å²) in [6, 6.07) is 27.6. The number of carbonyl (C=O) groups is 2. The highest BCUT2D eigenvalue weighted by atomic mass is 16.3. The molecular formula is C37H44N2O4. The summed E-state index contributed by atoms with van der Waals surface area (Å²) in [7, 11) is 0. The summed E-state index contributed by atoms with van der Waals surface area (Å²) in [6.45, 7) is 0.228. The Morgan fingerprint density at radius 2 is 1.56 bits per heavy atom. The van der Waals surface area contributed by atoms with Gasteiger partial charge in [-0.2, -0.15) is 0 Å². The van der Waals surface area contributed by atoms with Crippen molar-refractivity contribution in [3.8, 4) is 0 Å². The van der Waals surface area contributed by atoms with E-state index in [1.807, 2.05) is 77.7 Å². The minimum absolute atomic E-state index is 0.0363. The van der Waals surface area contributed by atoms with E-state index in [0.29, 0.717) is 12.8 Å². The number of carbonyl (C=O) groups excluding carboxylic acids is 2. The van der Waals surface area contributed by atoms with Gasteiger partial charge in [-0.15, -0.1) is 0 Å². The van der Waals surface area contributed by atoms with Gasteiger partial charge in [0.15, 0.2) is 0 Å². The zero-order valence-corrected chi connectivity index (χ0v) is 24.9. The van der Waals surface area contributed by atoms with Crippen molar-refractivity contribution in [1.29, 1.82) is 0 Å². The van der Waals surface area contributed by atoms with E-state index >= 15 is 0 Å². The SMILES string of the molecule is O=C(NC1c2ccccc2CC1O)C(Cc1ccccc1)CC(O)CN1C(=O)C2(CCCCC2)CC1Cc1ccccc1. The van der Waals surface area contributed by atoms with Gasteiger partial charge in [0.2, 0.25) is 11.8 Å². The van der Waals surface area contributed by atoms with Gasteiger partial charge in [0.25, 0.3) is 0 Å². The van der Waals surface area contributed by atoms with Crippen molar-refractivity contribution < 1.29 is 19.8 Å². The van der Waals surface area contributed by atoms with E-state index in [2.05, 4.69) is 17.4 Å². The van der Waals surface area contributed by atoms with Crippen LogP contribution in [0.5, 0.6) is 0 Å². The number of hydrogen-bond acceptors (Lipinski definition) is 4. The molecule has 6 nitrogen and oxygen atoms in total. The first-order chi connectivity index (χ1) is 20.9. The molecule has 3 aromatic rings. The molecule has 1 aliphatic heterocycles. The fraction of sp³-hybridized carbons (Fsp3) is 0.459. The molecule has 6 rings (SSSR count). The summed E-state index contributed by atoms with van der Waals surface area (Å²) in [5.41, 5.74) is 3.90. The smallest absolute Gasteiger partial charge is 0.229 e. The molecule has 1 heterocycles. The van der Waals surface area contributed by atoms with E-state index in [1.54, 1.807) is 0 Å². The highest BCUT2D eigenvalue weighted by Crippen LogP contribution is 2.48. The third-order valence-corrected chi connectivity index (χ3v) is 10.1. The lowest BCUT2D eigenvalue weighted by Crippen LogP contribution is -2.44. The van der Waals surface area contributed by atoms with E-state index in [4.69, 9.17) is 0 Å². The van der Waals surface area contributed by atoms with Crippen molar-refractivity contribution in [2.45, 2.75) is 88.5 Å². The van der Waals surface area contributed by atoms with Gasteiger partial charge >= 0.3 is 0 Å². The molecule has 2 fully saturated rings.